The number of rotatable bonds is 6. The summed E-state index contributed by atoms with van der Waals surface area (Å²) in [6.45, 7) is 1.61. The molecule has 162 valence electrons. The van der Waals surface area contributed by atoms with Crippen LogP contribution >= 0.6 is 0 Å². The van der Waals surface area contributed by atoms with E-state index in [1.54, 1.807) is 38.3 Å². The van der Waals surface area contributed by atoms with Crippen LogP contribution in [0.25, 0.3) is 17.1 Å². The summed E-state index contributed by atoms with van der Waals surface area (Å²) >= 11 is 0. The Kier molecular flexibility index (Phi) is 5.75. The van der Waals surface area contributed by atoms with Crippen LogP contribution < -0.4 is 15.5 Å². The van der Waals surface area contributed by atoms with Crippen LogP contribution in [0.1, 0.15) is 22.0 Å². The highest BCUT2D eigenvalue weighted by atomic mass is 19.1. The molecule has 0 aliphatic heterocycles. The van der Waals surface area contributed by atoms with Crippen LogP contribution in [0.15, 0.2) is 59.4 Å². The van der Waals surface area contributed by atoms with E-state index in [2.05, 4.69) is 25.6 Å². The fraction of sp³-hybridized carbons (Fsp3) is 0.136. The second-order valence-electron chi connectivity index (χ2n) is 6.88. The van der Waals surface area contributed by atoms with E-state index in [1.807, 2.05) is 12.1 Å². The van der Waals surface area contributed by atoms with Gasteiger partial charge in [-0.2, -0.15) is 10.2 Å². The Hall–Kier alpha value is -4.34. The molecule has 0 aliphatic rings. The molecule has 0 fully saturated rings. The van der Waals surface area contributed by atoms with E-state index in [4.69, 9.17) is 4.74 Å². The summed E-state index contributed by atoms with van der Waals surface area (Å²) in [5, 5.41) is 13.5. The predicted octanol–water partition coefficient (Wildman–Crippen LogP) is 2.40. The van der Waals surface area contributed by atoms with E-state index in [-0.39, 0.29) is 17.9 Å². The normalized spacial score (nSPS) is 10.7. The number of methoxy groups -OCH3 is 1. The van der Waals surface area contributed by atoms with E-state index in [9.17, 15) is 14.0 Å². The molecule has 0 saturated carbocycles. The van der Waals surface area contributed by atoms with Gasteiger partial charge in [0.2, 0.25) is 5.43 Å². The van der Waals surface area contributed by atoms with Gasteiger partial charge >= 0.3 is 0 Å². The number of para-hydroxylation sites is 1. The third-order valence-corrected chi connectivity index (χ3v) is 4.70. The zero-order valence-electron chi connectivity index (χ0n) is 17.3. The van der Waals surface area contributed by atoms with Crippen molar-refractivity contribution in [1.29, 1.82) is 0 Å². The summed E-state index contributed by atoms with van der Waals surface area (Å²) in [5.74, 6) is 0.328. The van der Waals surface area contributed by atoms with Gasteiger partial charge in [0.15, 0.2) is 11.5 Å². The Morgan fingerprint density at radius 1 is 1.19 bits per heavy atom. The molecule has 0 aliphatic carbocycles. The molecule has 0 saturated heterocycles. The molecule has 32 heavy (non-hydrogen) atoms. The van der Waals surface area contributed by atoms with Gasteiger partial charge in [0.1, 0.15) is 23.1 Å². The quantitative estimate of drug-likeness (QED) is 0.482. The number of benzene rings is 2. The second-order valence-corrected chi connectivity index (χ2v) is 6.88. The molecule has 10 heteroatoms. The Morgan fingerprint density at radius 2 is 1.94 bits per heavy atom. The van der Waals surface area contributed by atoms with Gasteiger partial charge in [-0.05, 0) is 43.3 Å². The second kappa shape index (κ2) is 8.80. The standard InChI is InChI=1S/C22H19FN6O3/c1-13-11-18(30)20(28-29(13)17-6-4-3-5-16(17)23)22(31)24-12-19-25-21(27-26-19)14-7-9-15(32-2)10-8-14/h3-11H,12H2,1-2H3,(H,24,31)(H,25,26,27). The first-order valence-corrected chi connectivity index (χ1v) is 9.66. The van der Waals surface area contributed by atoms with Gasteiger partial charge in [-0.1, -0.05) is 12.1 Å². The molecule has 0 unspecified atom stereocenters. The zero-order chi connectivity index (χ0) is 22.7. The smallest absolute Gasteiger partial charge is 0.276 e. The summed E-state index contributed by atoms with van der Waals surface area (Å²) in [6.07, 6.45) is 0. The van der Waals surface area contributed by atoms with Crippen LogP contribution in [0.3, 0.4) is 0 Å². The van der Waals surface area contributed by atoms with Crippen molar-refractivity contribution < 1.29 is 13.9 Å². The van der Waals surface area contributed by atoms with Gasteiger partial charge in [-0.15, -0.1) is 0 Å². The Morgan fingerprint density at radius 3 is 2.66 bits per heavy atom. The van der Waals surface area contributed by atoms with Gasteiger partial charge in [-0.3, -0.25) is 14.7 Å². The lowest BCUT2D eigenvalue weighted by atomic mass is 10.2. The number of H-pyrrole nitrogens is 1. The van der Waals surface area contributed by atoms with E-state index >= 15 is 0 Å². The van der Waals surface area contributed by atoms with Crippen molar-refractivity contribution in [3.63, 3.8) is 0 Å². The molecule has 2 aromatic carbocycles. The lowest BCUT2D eigenvalue weighted by Gasteiger charge is -2.11. The lowest BCUT2D eigenvalue weighted by Crippen LogP contribution is -2.32. The van der Waals surface area contributed by atoms with Crippen molar-refractivity contribution in [3.8, 4) is 22.8 Å². The van der Waals surface area contributed by atoms with Crippen molar-refractivity contribution in [2.24, 2.45) is 0 Å². The van der Waals surface area contributed by atoms with E-state index in [1.165, 1.54) is 22.9 Å². The highest BCUT2D eigenvalue weighted by Crippen LogP contribution is 2.19. The van der Waals surface area contributed by atoms with Crippen LogP contribution in [-0.4, -0.2) is 38.0 Å². The van der Waals surface area contributed by atoms with Crippen molar-refractivity contribution >= 4 is 5.91 Å². The number of amides is 1. The predicted molar refractivity (Wildman–Crippen MR) is 114 cm³/mol. The summed E-state index contributed by atoms with van der Waals surface area (Å²) in [7, 11) is 1.58. The third kappa shape index (κ3) is 4.24. The first kappa shape index (κ1) is 20.9. The van der Waals surface area contributed by atoms with Crippen molar-refractivity contribution in [3.05, 3.63) is 87.9 Å². The molecule has 0 radical (unpaired) electrons. The number of ether oxygens (including phenoxy) is 1. The van der Waals surface area contributed by atoms with Gasteiger partial charge in [0.05, 0.1) is 13.7 Å². The summed E-state index contributed by atoms with van der Waals surface area (Å²) in [5.41, 5.74) is 0.389. The number of hydrogen-bond donors (Lipinski definition) is 2. The molecule has 0 spiro atoms. The van der Waals surface area contributed by atoms with E-state index in [0.717, 1.165) is 5.56 Å². The average molecular weight is 434 g/mol. The zero-order valence-corrected chi connectivity index (χ0v) is 17.3. The van der Waals surface area contributed by atoms with Crippen LogP contribution in [0, 0.1) is 12.7 Å². The van der Waals surface area contributed by atoms with E-state index in [0.29, 0.717) is 23.1 Å². The molecule has 2 heterocycles. The first-order valence-electron chi connectivity index (χ1n) is 9.66. The number of carbonyl (C=O) groups excluding carboxylic acids is 1. The molecule has 0 bridgehead atoms. The van der Waals surface area contributed by atoms with Crippen LogP contribution in [0.2, 0.25) is 0 Å². The van der Waals surface area contributed by atoms with Gasteiger partial charge < -0.3 is 10.1 Å². The molecule has 2 N–H and O–H groups in total. The number of aryl methyl sites for hydroxylation is 1. The summed E-state index contributed by atoms with van der Waals surface area (Å²) in [4.78, 5) is 29.3. The number of hydrogen-bond acceptors (Lipinski definition) is 6. The SMILES string of the molecule is COc1ccc(-c2n[nH]c(CNC(=O)c3nn(-c4ccccc4F)c(C)cc3=O)n2)cc1. The van der Waals surface area contributed by atoms with Gasteiger partial charge in [0, 0.05) is 17.3 Å². The van der Waals surface area contributed by atoms with E-state index < -0.39 is 17.2 Å². The number of carbonyl (C=O) groups is 1. The van der Waals surface area contributed by atoms with Crippen molar-refractivity contribution in [2.45, 2.75) is 13.5 Å². The number of halogens is 1. The highest BCUT2D eigenvalue weighted by molar-refractivity contribution is 5.91. The molecule has 0 atom stereocenters. The molecule has 4 rings (SSSR count). The van der Waals surface area contributed by atoms with Crippen LogP contribution in [0.5, 0.6) is 5.75 Å². The van der Waals surface area contributed by atoms with Crippen molar-refractivity contribution in [2.75, 3.05) is 7.11 Å². The minimum atomic E-state index is -0.706. The van der Waals surface area contributed by atoms with Crippen molar-refractivity contribution in [1.82, 2.24) is 30.3 Å². The largest absolute Gasteiger partial charge is 0.497 e. The maximum absolute atomic E-state index is 14.2. The summed E-state index contributed by atoms with van der Waals surface area (Å²) in [6, 6.07) is 14.4. The van der Waals surface area contributed by atoms with Gasteiger partial charge in [-0.25, -0.2) is 14.1 Å². The molecule has 9 nitrogen and oxygen atoms in total. The Labute approximate surface area is 181 Å². The third-order valence-electron chi connectivity index (χ3n) is 4.70. The number of aromatic amines is 1. The fourth-order valence-corrected chi connectivity index (χ4v) is 3.06. The Bertz CT molecular complexity index is 1330. The first-order chi connectivity index (χ1) is 15.5. The molecular weight excluding hydrogens is 415 g/mol. The number of nitrogens with one attached hydrogen (secondary N) is 2. The summed E-state index contributed by atoms with van der Waals surface area (Å²) < 4.78 is 20.5. The molecule has 2 aromatic heterocycles. The maximum atomic E-state index is 14.2. The number of aromatic nitrogens is 5. The highest BCUT2D eigenvalue weighted by Gasteiger charge is 2.17. The Balaban J connectivity index is 1.51. The van der Waals surface area contributed by atoms with Crippen LogP contribution in [-0.2, 0) is 6.54 Å². The molecule has 1 amide bonds. The van der Waals surface area contributed by atoms with Gasteiger partial charge in [0.25, 0.3) is 5.91 Å². The molecular formula is C22H19FN6O3. The minimum Gasteiger partial charge on any atom is -0.497 e. The average Bonchev–Trinajstić information content (AvgIpc) is 3.27. The number of nitrogens with zero attached hydrogens (tertiary/aromatic N) is 4. The lowest BCUT2D eigenvalue weighted by molar-refractivity contribution is 0.0942. The topological polar surface area (TPSA) is 115 Å². The minimum absolute atomic E-state index is 0.00329. The molecule has 4 aromatic rings. The fourth-order valence-electron chi connectivity index (χ4n) is 3.06. The monoisotopic (exact) mass is 434 g/mol. The maximum Gasteiger partial charge on any atom is 0.276 e. The van der Waals surface area contributed by atoms with Crippen LogP contribution in [0.4, 0.5) is 4.39 Å².